The van der Waals surface area contributed by atoms with E-state index < -0.39 is 0 Å². The molecule has 1 rings (SSSR count). The van der Waals surface area contributed by atoms with E-state index in [9.17, 15) is 4.79 Å². The fourth-order valence-corrected chi connectivity index (χ4v) is 1.25. The third-order valence-electron chi connectivity index (χ3n) is 2.02. The standard InChI is InChI=1S/C9H14N2O2/c1-11-9(12)6-3-4-7(10)8(5-6)13-2/h5H,3-4,10H2,1-2H3,(H,11,12). The molecule has 0 aliphatic heterocycles. The van der Waals surface area contributed by atoms with Crippen LogP contribution in [0.1, 0.15) is 12.8 Å². The molecule has 0 aromatic carbocycles. The van der Waals surface area contributed by atoms with Crippen LogP contribution in [-0.4, -0.2) is 20.1 Å². The lowest BCUT2D eigenvalue weighted by atomic mass is 10.0. The van der Waals surface area contributed by atoms with Crippen molar-refractivity contribution in [2.45, 2.75) is 12.8 Å². The molecule has 0 atom stereocenters. The van der Waals surface area contributed by atoms with Crippen molar-refractivity contribution in [3.63, 3.8) is 0 Å². The first kappa shape index (κ1) is 9.64. The molecule has 1 aliphatic rings. The predicted molar refractivity (Wildman–Crippen MR) is 49.6 cm³/mol. The molecule has 0 saturated carbocycles. The Kier molecular flexibility index (Phi) is 2.95. The van der Waals surface area contributed by atoms with Crippen molar-refractivity contribution in [3.05, 3.63) is 23.1 Å². The molecule has 0 radical (unpaired) electrons. The second-order valence-corrected chi connectivity index (χ2v) is 2.84. The maximum Gasteiger partial charge on any atom is 0.247 e. The van der Waals surface area contributed by atoms with Crippen LogP contribution in [0.3, 0.4) is 0 Å². The molecular weight excluding hydrogens is 168 g/mol. The highest BCUT2D eigenvalue weighted by Crippen LogP contribution is 2.21. The first-order chi connectivity index (χ1) is 6.19. The van der Waals surface area contributed by atoms with Crippen molar-refractivity contribution in [1.82, 2.24) is 5.32 Å². The number of hydrogen-bond acceptors (Lipinski definition) is 3. The van der Waals surface area contributed by atoms with Crippen LogP contribution in [0.5, 0.6) is 0 Å². The minimum Gasteiger partial charge on any atom is -0.495 e. The third kappa shape index (κ3) is 2.02. The number of amides is 1. The van der Waals surface area contributed by atoms with Gasteiger partial charge in [0.2, 0.25) is 5.91 Å². The Balaban J connectivity index is 2.86. The summed E-state index contributed by atoms with van der Waals surface area (Å²) in [6.07, 6.45) is 3.05. The van der Waals surface area contributed by atoms with Crippen LogP contribution >= 0.6 is 0 Å². The van der Waals surface area contributed by atoms with Gasteiger partial charge in [0.1, 0.15) is 5.76 Å². The van der Waals surface area contributed by atoms with E-state index in [4.69, 9.17) is 10.5 Å². The van der Waals surface area contributed by atoms with Crippen LogP contribution in [0.2, 0.25) is 0 Å². The number of nitrogens with one attached hydrogen (secondary N) is 1. The van der Waals surface area contributed by atoms with Gasteiger partial charge >= 0.3 is 0 Å². The minimum absolute atomic E-state index is 0.0675. The largest absolute Gasteiger partial charge is 0.495 e. The lowest BCUT2D eigenvalue weighted by molar-refractivity contribution is -0.117. The van der Waals surface area contributed by atoms with Crippen molar-refractivity contribution in [2.75, 3.05) is 14.2 Å². The number of ether oxygens (including phenoxy) is 1. The Hall–Kier alpha value is -1.45. The monoisotopic (exact) mass is 182 g/mol. The van der Waals surface area contributed by atoms with Gasteiger partial charge in [-0.25, -0.2) is 0 Å². The van der Waals surface area contributed by atoms with Crippen LogP contribution in [0.25, 0.3) is 0 Å². The predicted octanol–water partition coefficient (Wildman–Crippen LogP) is 0.269. The molecule has 0 aromatic heterocycles. The fourth-order valence-electron chi connectivity index (χ4n) is 1.25. The van der Waals surface area contributed by atoms with E-state index in [1.54, 1.807) is 20.2 Å². The maximum atomic E-state index is 11.2. The SMILES string of the molecule is CNC(=O)C1=CC(OC)=C(N)CC1. The van der Waals surface area contributed by atoms with Crippen LogP contribution in [-0.2, 0) is 9.53 Å². The highest BCUT2D eigenvalue weighted by atomic mass is 16.5. The van der Waals surface area contributed by atoms with Crippen molar-refractivity contribution in [3.8, 4) is 0 Å². The molecule has 4 heteroatoms. The second kappa shape index (κ2) is 3.98. The summed E-state index contributed by atoms with van der Waals surface area (Å²) >= 11 is 0. The van der Waals surface area contributed by atoms with Gasteiger partial charge in [0.15, 0.2) is 0 Å². The zero-order valence-electron chi connectivity index (χ0n) is 7.89. The molecule has 0 aromatic rings. The second-order valence-electron chi connectivity index (χ2n) is 2.84. The van der Waals surface area contributed by atoms with Crippen molar-refractivity contribution in [1.29, 1.82) is 0 Å². The Labute approximate surface area is 77.4 Å². The molecule has 13 heavy (non-hydrogen) atoms. The van der Waals surface area contributed by atoms with Gasteiger partial charge in [-0.1, -0.05) is 0 Å². The summed E-state index contributed by atoms with van der Waals surface area (Å²) in [6, 6.07) is 0. The van der Waals surface area contributed by atoms with Gasteiger partial charge in [0.25, 0.3) is 0 Å². The van der Waals surface area contributed by atoms with Crippen LogP contribution in [0.15, 0.2) is 23.1 Å². The zero-order chi connectivity index (χ0) is 9.84. The first-order valence-electron chi connectivity index (χ1n) is 4.14. The lowest BCUT2D eigenvalue weighted by Gasteiger charge is -2.15. The molecule has 3 N–H and O–H groups in total. The van der Waals surface area contributed by atoms with E-state index in [0.717, 1.165) is 0 Å². The van der Waals surface area contributed by atoms with E-state index in [2.05, 4.69) is 5.32 Å². The van der Waals surface area contributed by atoms with Crippen LogP contribution in [0, 0.1) is 0 Å². The number of carbonyl (C=O) groups excluding carboxylic acids is 1. The van der Waals surface area contributed by atoms with Gasteiger partial charge in [-0.15, -0.1) is 0 Å². The Morgan fingerprint density at radius 3 is 2.85 bits per heavy atom. The van der Waals surface area contributed by atoms with E-state index in [-0.39, 0.29) is 5.91 Å². The van der Waals surface area contributed by atoms with Crippen molar-refractivity contribution in [2.24, 2.45) is 5.73 Å². The molecule has 0 heterocycles. The number of rotatable bonds is 2. The van der Waals surface area contributed by atoms with Gasteiger partial charge in [-0.05, 0) is 18.9 Å². The first-order valence-corrected chi connectivity index (χ1v) is 4.14. The van der Waals surface area contributed by atoms with Gasteiger partial charge < -0.3 is 15.8 Å². The Morgan fingerprint density at radius 1 is 1.62 bits per heavy atom. The summed E-state index contributed by atoms with van der Waals surface area (Å²) in [5.41, 5.74) is 7.09. The topological polar surface area (TPSA) is 64.3 Å². The summed E-state index contributed by atoms with van der Waals surface area (Å²) in [6.45, 7) is 0. The number of likely N-dealkylation sites (N-methyl/N-ethyl adjacent to an activating group) is 1. The molecule has 0 bridgehead atoms. The Bertz CT molecular complexity index is 279. The summed E-state index contributed by atoms with van der Waals surface area (Å²) < 4.78 is 5.03. The van der Waals surface area contributed by atoms with E-state index in [1.165, 1.54) is 0 Å². The van der Waals surface area contributed by atoms with Gasteiger partial charge in [-0.2, -0.15) is 0 Å². The molecule has 0 fully saturated rings. The molecule has 1 amide bonds. The zero-order valence-corrected chi connectivity index (χ0v) is 7.89. The molecular formula is C9H14N2O2. The highest BCUT2D eigenvalue weighted by Gasteiger charge is 2.15. The van der Waals surface area contributed by atoms with E-state index >= 15 is 0 Å². The van der Waals surface area contributed by atoms with E-state index in [1.807, 2.05) is 0 Å². The van der Waals surface area contributed by atoms with Gasteiger partial charge in [0.05, 0.1) is 12.8 Å². The summed E-state index contributed by atoms with van der Waals surface area (Å²) in [7, 11) is 3.16. The van der Waals surface area contributed by atoms with Gasteiger partial charge in [0, 0.05) is 12.6 Å². The molecule has 72 valence electrons. The Morgan fingerprint density at radius 2 is 2.31 bits per heavy atom. The summed E-state index contributed by atoms with van der Waals surface area (Å²) in [5, 5.41) is 2.57. The molecule has 4 nitrogen and oxygen atoms in total. The van der Waals surface area contributed by atoms with Crippen molar-refractivity contribution < 1.29 is 9.53 Å². The molecule has 0 saturated heterocycles. The quantitative estimate of drug-likeness (QED) is 0.644. The van der Waals surface area contributed by atoms with Crippen LogP contribution in [0.4, 0.5) is 0 Å². The molecule has 0 spiro atoms. The van der Waals surface area contributed by atoms with Gasteiger partial charge in [-0.3, -0.25) is 4.79 Å². The van der Waals surface area contributed by atoms with Crippen molar-refractivity contribution >= 4 is 5.91 Å². The summed E-state index contributed by atoms with van der Waals surface area (Å²) in [5.74, 6) is 0.534. The highest BCUT2D eigenvalue weighted by molar-refractivity contribution is 5.93. The average molecular weight is 182 g/mol. The number of methoxy groups -OCH3 is 1. The smallest absolute Gasteiger partial charge is 0.247 e. The number of nitrogens with two attached hydrogens (primary N) is 1. The maximum absolute atomic E-state index is 11.2. The normalized spacial score (nSPS) is 16.6. The average Bonchev–Trinajstić information content (AvgIpc) is 2.17. The molecule has 1 aliphatic carbocycles. The summed E-state index contributed by atoms with van der Waals surface area (Å²) in [4.78, 5) is 11.2. The number of carbonyl (C=O) groups is 1. The fraction of sp³-hybridized carbons (Fsp3) is 0.444. The number of hydrogen-bond donors (Lipinski definition) is 2. The minimum atomic E-state index is -0.0675. The molecule has 0 unspecified atom stereocenters. The van der Waals surface area contributed by atoms with Crippen LogP contribution < -0.4 is 11.1 Å². The van der Waals surface area contributed by atoms with E-state index in [0.29, 0.717) is 29.9 Å². The lowest BCUT2D eigenvalue weighted by Crippen LogP contribution is -2.22. The number of allylic oxidation sites excluding steroid dienone is 2. The third-order valence-corrected chi connectivity index (χ3v) is 2.02.